The third-order valence-electron chi connectivity index (χ3n) is 8.42. The highest BCUT2D eigenvalue weighted by Gasteiger charge is 2.19. The number of aromatic nitrogens is 3. The molecule has 0 aliphatic carbocycles. The molecule has 4 amide bonds. The Morgan fingerprint density at radius 1 is 0.603 bits per heavy atom. The van der Waals surface area contributed by atoms with Gasteiger partial charge in [0.2, 0.25) is 0 Å². The first-order chi connectivity index (χ1) is 27.9. The summed E-state index contributed by atoms with van der Waals surface area (Å²) >= 11 is 1.33. The number of nitrogens with two attached hydrogens (primary N) is 1. The first kappa shape index (κ1) is 40.2. The van der Waals surface area contributed by atoms with E-state index < -0.39 is 0 Å². The predicted octanol–water partition coefficient (Wildman–Crippen LogP) is 8.16. The molecule has 0 radical (unpaired) electrons. The minimum Gasteiger partial charge on any atom is -0.496 e. The number of carbonyl (C=O) groups excluding carboxylic acids is 3. The van der Waals surface area contributed by atoms with Gasteiger partial charge in [0.05, 0.1) is 36.4 Å². The molecule has 0 unspecified atom stereocenters. The van der Waals surface area contributed by atoms with Crippen molar-refractivity contribution in [1.29, 1.82) is 0 Å². The van der Waals surface area contributed by atoms with Gasteiger partial charge in [0.15, 0.2) is 5.13 Å². The molecular weight excluding hydrogens is 761 g/mol. The standard InChI is InChI=1S/C23H21N5O4S.C19H19N3O3/c1-28(2)21(29)17-12-16-18(13-20(17)31-3)24-9-8-19(16)32-15-6-4-14(5-7-15)26-22(30)27-23-25-10-11-33-23;1-22(2)19(23)15-10-14-16(11-18(15)24-3)21-9-8-17(14)25-13-6-4-12(20)5-7-13/h4-13H,1-3H3,(H2,25,26,27,30);4-11H,20H2,1-3H3. The molecule has 4 N–H and O–H groups in total. The number of nitrogens with zero attached hydrogens (tertiary/aromatic N) is 5. The molecule has 7 aromatic rings. The molecule has 0 fully saturated rings. The lowest BCUT2D eigenvalue weighted by Gasteiger charge is -2.15. The monoisotopic (exact) mass is 800 g/mol. The van der Waals surface area contributed by atoms with E-state index >= 15 is 0 Å². The molecule has 16 heteroatoms. The van der Waals surface area contributed by atoms with Crippen LogP contribution in [0.25, 0.3) is 21.8 Å². The van der Waals surface area contributed by atoms with E-state index in [2.05, 4.69) is 25.6 Å². The number of nitrogens with one attached hydrogen (secondary N) is 2. The lowest BCUT2D eigenvalue weighted by molar-refractivity contribution is 0.0817. The van der Waals surface area contributed by atoms with Crippen LogP contribution in [0.2, 0.25) is 0 Å². The molecule has 0 atom stereocenters. The van der Waals surface area contributed by atoms with Crippen LogP contribution in [0.3, 0.4) is 0 Å². The fourth-order valence-corrected chi connectivity index (χ4v) is 6.09. The van der Waals surface area contributed by atoms with Gasteiger partial charge in [0.25, 0.3) is 11.8 Å². The molecule has 58 heavy (non-hydrogen) atoms. The van der Waals surface area contributed by atoms with E-state index in [0.717, 1.165) is 5.39 Å². The van der Waals surface area contributed by atoms with Crippen LogP contribution in [-0.4, -0.2) is 85.0 Å². The number of benzene rings is 4. The van der Waals surface area contributed by atoms with E-state index in [1.807, 2.05) is 0 Å². The second-order valence-electron chi connectivity index (χ2n) is 12.9. The first-order valence-corrected chi connectivity index (χ1v) is 18.5. The number of thiazole rings is 1. The molecule has 3 heterocycles. The molecule has 296 valence electrons. The van der Waals surface area contributed by atoms with Gasteiger partial charge in [0, 0.05) is 86.4 Å². The molecule has 0 bridgehead atoms. The van der Waals surface area contributed by atoms with E-state index in [-0.39, 0.29) is 17.8 Å². The van der Waals surface area contributed by atoms with Crippen molar-refractivity contribution in [3.63, 3.8) is 0 Å². The predicted molar refractivity (Wildman–Crippen MR) is 225 cm³/mol. The van der Waals surface area contributed by atoms with Crippen LogP contribution in [0.5, 0.6) is 34.5 Å². The van der Waals surface area contributed by atoms with Crippen molar-refractivity contribution in [2.45, 2.75) is 0 Å². The van der Waals surface area contributed by atoms with Crippen LogP contribution in [0.4, 0.5) is 21.3 Å². The summed E-state index contributed by atoms with van der Waals surface area (Å²) in [5.41, 5.74) is 9.15. The number of carbonyl (C=O) groups is 3. The number of fused-ring (bicyclic) bond motifs is 2. The Bertz CT molecular complexity index is 2570. The van der Waals surface area contributed by atoms with Crippen LogP contribution in [-0.2, 0) is 0 Å². The Labute approximate surface area is 338 Å². The van der Waals surface area contributed by atoms with E-state index in [0.29, 0.717) is 78.5 Å². The quantitative estimate of drug-likeness (QED) is 0.114. The summed E-state index contributed by atoms with van der Waals surface area (Å²) in [6.45, 7) is 0. The normalized spacial score (nSPS) is 10.5. The van der Waals surface area contributed by atoms with Crippen LogP contribution in [0, 0.1) is 0 Å². The number of methoxy groups -OCH3 is 2. The number of anilines is 3. The molecule has 0 saturated carbocycles. The Morgan fingerprint density at radius 2 is 1.09 bits per heavy atom. The SMILES string of the molecule is COc1cc2nccc(Oc3ccc(N)cc3)c2cc1C(=O)N(C)C.COc1cc2nccc(Oc3ccc(NC(=O)Nc4nccs4)cc3)c2cc1C(=O)N(C)C. The minimum absolute atomic E-state index is 0.152. The number of hydrogen-bond acceptors (Lipinski definition) is 12. The maximum absolute atomic E-state index is 12.6. The van der Waals surface area contributed by atoms with Gasteiger partial charge in [-0.2, -0.15) is 0 Å². The number of nitrogen functional groups attached to an aromatic ring is 1. The van der Waals surface area contributed by atoms with Crippen molar-refractivity contribution in [2.24, 2.45) is 0 Å². The number of amides is 4. The first-order valence-electron chi connectivity index (χ1n) is 17.6. The van der Waals surface area contributed by atoms with Crippen LogP contribution in [0.1, 0.15) is 20.7 Å². The second kappa shape index (κ2) is 18.0. The van der Waals surface area contributed by atoms with Gasteiger partial charge in [-0.05, 0) is 72.8 Å². The third kappa shape index (κ3) is 9.49. The number of hydrogen-bond donors (Lipinski definition) is 3. The summed E-state index contributed by atoms with van der Waals surface area (Å²) in [7, 11) is 9.80. The fraction of sp³-hybridized carbons (Fsp3) is 0.143. The highest BCUT2D eigenvalue weighted by atomic mass is 32.1. The minimum atomic E-state index is -0.384. The van der Waals surface area contributed by atoms with Crippen molar-refractivity contribution >= 4 is 67.5 Å². The number of ether oxygens (including phenoxy) is 4. The van der Waals surface area contributed by atoms with Gasteiger partial charge in [-0.15, -0.1) is 11.3 Å². The van der Waals surface area contributed by atoms with Crippen molar-refractivity contribution in [1.82, 2.24) is 24.8 Å². The molecule has 7 rings (SSSR count). The number of urea groups is 1. The van der Waals surface area contributed by atoms with Crippen LogP contribution >= 0.6 is 11.3 Å². The zero-order valence-corrected chi connectivity index (χ0v) is 33.3. The van der Waals surface area contributed by atoms with Gasteiger partial charge in [-0.25, -0.2) is 9.78 Å². The van der Waals surface area contributed by atoms with Crippen molar-refractivity contribution in [3.8, 4) is 34.5 Å². The summed E-state index contributed by atoms with van der Waals surface area (Å²) in [6.07, 6.45) is 4.90. The average molecular weight is 801 g/mol. The second-order valence-corrected chi connectivity index (χ2v) is 13.8. The largest absolute Gasteiger partial charge is 0.496 e. The molecule has 0 spiro atoms. The lowest BCUT2D eigenvalue weighted by atomic mass is 10.1. The van der Waals surface area contributed by atoms with E-state index in [9.17, 15) is 14.4 Å². The number of rotatable bonds is 10. The Balaban J connectivity index is 0.000000203. The zero-order chi connectivity index (χ0) is 41.3. The highest BCUT2D eigenvalue weighted by Crippen LogP contribution is 2.35. The number of pyridine rings is 2. The molecule has 15 nitrogen and oxygen atoms in total. The molecule has 0 saturated heterocycles. The fourth-order valence-electron chi connectivity index (χ4n) is 5.57. The van der Waals surface area contributed by atoms with E-state index in [4.69, 9.17) is 24.7 Å². The highest BCUT2D eigenvalue weighted by molar-refractivity contribution is 7.13. The Hall–Kier alpha value is -7.46. The van der Waals surface area contributed by atoms with Crippen LogP contribution in [0.15, 0.2) is 109 Å². The zero-order valence-electron chi connectivity index (χ0n) is 32.5. The topological polar surface area (TPSA) is 183 Å². The van der Waals surface area contributed by atoms with Crippen molar-refractivity contribution in [3.05, 3.63) is 120 Å². The molecule has 3 aromatic heterocycles. The Morgan fingerprint density at radius 3 is 1.52 bits per heavy atom. The lowest BCUT2D eigenvalue weighted by Crippen LogP contribution is -2.22. The summed E-state index contributed by atoms with van der Waals surface area (Å²) in [5.74, 6) is 2.93. The molecule has 0 aliphatic rings. The van der Waals surface area contributed by atoms with E-state index in [1.54, 1.807) is 137 Å². The summed E-state index contributed by atoms with van der Waals surface area (Å²) in [4.78, 5) is 52.8. The maximum atomic E-state index is 12.6. The van der Waals surface area contributed by atoms with Crippen molar-refractivity contribution < 1.29 is 33.3 Å². The van der Waals surface area contributed by atoms with Gasteiger partial charge in [-0.3, -0.25) is 24.9 Å². The maximum Gasteiger partial charge on any atom is 0.325 e. The molecular formula is C42H40N8O7S. The third-order valence-corrected chi connectivity index (χ3v) is 9.11. The van der Waals surface area contributed by atoms with Crippen LogP contribution < -0.4 is 35.3 Å². The van der Waals surface area contributed by atoms with Gasteiger partial charge in [0.1, 0.15) is 34.5 Å². The molecule has 4 aromatic carbocycles. The van der Waals surface area contributed by atoms with Gasteiger partial charge >= 0.3 is 6.03 Å². The van der Waals surface area contributed by atoms with Gasteiger partial charge < -0.3 is 39.8 Å². The molecule has 0 aliphatic heterocycles. The smallest absolute Gasteiger partial charge is 0.325 e. The van der Waals surface area contributed by atoms with E-state index in [1.165, 1.54) is 35.4 Å². The summed E-state index contributed by atoms with van der Waals surface area (Å²) < 4.78 is 22.8. The summed E-state index contributed by atoms with van der Waals surface area (Å²) in [6, 6.07) is 24.1. The average Bonchev–Trinajstić information content (AvgIpc) is 3.74. The van der Waals surface area contributed by atoms with Crippen molar-refractivity contribution in [2.75, 3.05) is 58.8 Å². The summed E-state index contributed by atoms with van der Waals surface area (Å²) in [5, 5.41) is 9.09. The Kier molecular flexibility index (Phi) is 12.5. The van der Waals surface area contributed by atoms with Gasteiger partial charge in [-0.1, -0.05) is 0 Å².